The summed E-state index contributed by atoms with van der Waals surface area (Å²) in [4.78, 5) is 13.1. The molecule has 0 amide bonds. The molecule has 1 aliphatic rings. The van der Waals surface area contributed by atoms with Crippen molar-refractivity contribution in [3.8, 4) is 17.2 Å². The van der Waals surface area contributed by atoms with Gasteiger partial charge >= 0.3 is 5.97 Å². The highest BCUT2D eigenvalue weighted by atomic mass is 16.5. The van der Waals surface area contributed by atoms with Gasteiger partial charge in [0.25, 0.3) is 0 Å². The molecule has 0 aliphatic carbocycles. The second-order valence-electron chi connectivity index (χ2n) is 6.09. The van der Waals surface area contributed by atoms with Gasteiger partial charge in [-0.3, -0.25) is 4.79 Å². The molecule has 9 nitrogen and oxygen atoms in total. The van der Waals surface area contributed by atoms with Crippen molar-refractivity contribution in [1.29, 1.82) is 0 Å². The minimum Gasteiger partial charge on any atom is -0.480 e. The molecule has 2 N–H and O–H groups in total. The van der Waals surface area contributed by atoms with Crippen molar-refractivity contribution in [2.45, 2.75) is 6.04 Å². The molecule has 1 aliphatic heterocycles. The van der Waals surface area contributed by atoms with Crippen LogP contribution in [0.5, 0.6) is 11.5 Å². The van der Waals surface area contributed by atoms with Crippen LogP contribution in [0.3, 0.4) is 0 Å². The van der Waals surface area contributed by atoms with E-state index in [2.05, 4.69) is 20.8 Å². The minimum absolute atomic E-state index is 0.297. The van der Waals surface area contributed by atoms with E-state index >= 15 is 0 Å². The highest BCUT2D eigenvalue weighted by Crippen LogP contribution is 2.23. The summed E-state index contributed by atoms with van der Waals surface area (Å²) in [6, 6.07) is 16.3. The molecular formula is C18H18N6O3. The van der Waals surface area contributed by atoms with Gasteiger partial charge in [0, 0.05) is 19.6 Å². The lowest BCUT2D eigenvalue weighted by atomic mass is 10.2. The number of ether oxygens (including phenoxy) is 1. The molecule has 1 saturated heterocycles. The second kappa shape index (κ2) is 7.42. The first kappa shape index (κ1) is 17.0. The molecule has 1 atom stereocenters. The van der Waals surface area contributed by atoms with E-state index in [1.165, 1.54) is 0 Å². The monoisotopic (exact) mass is 366 g/mol. The maximum atomic E-state index is 11.3. The van der Waals surface area contributed by atoms with Gasteiger partial charge in [-0.05, 0) is 46.8 Å². The zero-order valence-corrected chi connectivity index (χ0v) is 14.4. The molecule has 4 rings (SSSR count). The van der Waals surface area contributed by atoms with E-state index in [9.17, 15) is 9.90 Å². The number of nitrogens with zero attached hydrogens (tertiary/aromatic N) is 5. The Hall–Kier alpha value is -3.46. The van der Waals surface area contributed by atoms with Crippen LogP contribution in [-0.2, 0) is 4.79 Å². The summed E-state index contributed by atoms with van der Waals surface area (Å²) in [5.41, 5.74) is 0.765. The van der Waals surface area contributed by atoms with Crippen molar-refractivity contribution >= 4 is 11.9 Å². The van der Waals surface area contributed by atoms with Gasteiger partial charge in [0.05, 0.1) is 5.69 Å². The highest BCUT2D eigenvalue weighted by molar-refractivity contribution is 5.74. The SMILES string of the molecule is O=C(O)[C@H]1CN(c2nnnn2-c2ccc(Oc3ccccc3)cc2)CCN1. The number of aromatic nitrogens is 4. The third kappa shape index (κ3) is 3.72. The van der Waals surface area contributed by atoms with Crippen LogP contribution in [0.4, 0.5) is 5.95 Å². The summed E-state index contributed by atoms with van der Waals surface area (Å²) in [5, 5.41) is 24.1. The first-order chi connectivity index (χ1) is 13.2. The normalized spacial score (nSPS) is 16.9. The molecule has 2 heterocycles. The molecule has 0 radical (unpaired) electrons. The van der Waals surface area contributed by atoms with Crippen molar-refractivity contribution < 1.29 is 14.6 Å². The maximum absolute atomic E-state index is 11.3. The van der Waals surface area contributed by atoms with Crippen molar-refractivity contribution in [1.82, 2.24) is 25.5 Å². The van der Waals surface area contributed by atoms with Gasteiger partial charge in [-0.1, -0.05) is 23.3 Å². The minimum atomic E-state index is -0.888. The molecule has 9 heteroatoms. The number of tetrazole rings is 1. The third-order valence-corrected chi connectivity index (χ3v) is 4.27. The lowest BCUT2D eigenvalue weighted by Gasteiger charge is -2.31. The second-order valence-corrected chi connectivity index (χ2v) is 6.09. The Morgan fingerprint density at radius 2 is 1.85 bits per heavy atom. The summed E-state index contributed by atoms with van der Waals surface area (Å²) in [6.07, 6.45) is 0. The Labute approximate surface area is 155 Å². The zero-order valence-electron chi connectivity index (χ0n) is 14.4. The Morgan fingerprint density at radius 3 is 2.59 bits per heavy atom. The van der Waals surface area contributed by atoms with Crippen LogP contribution >= 0.6 is 0 Å². The van der Waals surface area contributed by atoms with Crippen LogP contribution in [-0.4, -0.2) is 57.0 Å². The lowest BCUT2D eigenvalue weighted by Crippen LogP contribution is -2.54. The molecule has 3 aromatic rings. The van der Waals surface area contributed by atoms with Crippen LogP contribution in [0.25, 0.3) is 5.69 Å². The largest absolute Gasteiger partial charge is 0.480 e. The topological polar surface area (TPSA) is 105 Å². The van der Waals surface area contributed by atoms with Crippen LogP contribution in [0, 0.1) is 0 Å². The van der Waals surface area contributed by atoms with Crippen molar-refractivity contribution in [3.05, 3.63) is 54.6 Å². The van der Waals surface area contributed by atoms with E-state index in [0.29, 0.717) is 31.3 Å². The Balaban J connectivity index is 1.53. The number of hydrogen-bond donors (Lipinski definition) is 2. The Kier molecular flexibility index (Phi) is 4.67. The van der Waals surface area contributed by atoms with Crippen LogP contribution in [0.2, 0.25) is 0 Å². The average Bonchev–Trinajstić information content (AvgIpc) is 3.19. The molecule has 0 unspecified atom stereocenters. The van der Waals surface area contributed by atoms with Gasteiger partial charge in [-0.15, -0.1) is 0 Å². The third-order valence-electron chi connectivity index (χ3n) is 4.27. The van der Waals surface area contributed by atoms with E-state index in [1.807, 2.05) is 59.5 Å². The summed E-state index contributed by atoms with van der Waals surface area (Å²) in [6.45, 7) is 1.47. The van der Waals surface area contributed by atoms with E-state index < -0.39 is 12.0 Å². The molecule has 1 aromatic heterocycles. The number of anilines is 1. The number of hydrogen-bond acceptors (Lipinski definition) is 7. The molecule has 2 aromatic carbocycles. The number of carboxylic acids is 1. The quantitative estimate of drug-likeness (QED) is 0.696. The zero-order chi connectivity index (χ0) is 18.6. The summed E-state index contributed by atoms with van der Waals surface area (Å²) in [5.74, 6) is 1.09. The molecule has 0 bridgehead atoms. The fourth-order valence-corrected chi connectivity index (χ4v) is 2.92. The fourth-order valence-electron chi connectivity index (χ4n) is 2.92. The molecule has 1 fully saturated rings. The van der Waals surface area contributed by atoms with Gasteiger partial charge in [-0.25, -0.2) is 0 Å². The Morgan fingerprint density at radius 1 is 1.11 bits per heavy atom. The molecule has 0 spiro atoms. The lowest BCUT2D eigenvalue weighted by molar-refractivity contribution is -0.139. The van der Waals surface area contributed by atoms with E-state index in [4.69, 9.17) is 4.74 Å². The first-order valence-corrected chi connectivity index (χ1v) is 8.53. The van der Waals surface area contributed by atoms with Gasteiger partial charge in [0.1, 0.15) is 17.5 Å². The van der Waals surface area contributed by atoms with Crippen LogP contribution in [0.1, 0.15) is 0 Å². The molecule has 0 saturated carbocycles. The standard InChI is InChI=1S/C18H18N6O3/c25-17(26)16-12-23(11-10-19-16)18-20-21-22-24(18)13-6-8-15(9-7-13)27-14-4-2-1-3-5-14/h1-9,16,19H,10-12H2,(H,25,26)/t16-/m1/s1. The predicted molar refractivity (Wildman–Crippen MR) is 97.3 cm³/mol. The predicted octanol–water partition coefficient (Wildman–Crippen LogP) is 1.32. The number of benzene rings is 2. The first-order valence-electron chi connectivity index (χ1n) is 8.53. The van der Waals surface area contributed by atoms with Crippen molar-refractivity contribution in [2.24, 2.45) is 0 Å². The molecule has 138 valence electrons. The number of piperazine rings is 1. The van der Waals surface area contributed by atoms with Gasteiger partial charge < -0.3 is 20.1 Å². The number of para-hydroxylation sites is 1. The number of nitrogens with one attached hydrogen (secondary N) is 1. The number of carbonyl (C=O) groups is 1. The van der Waals surface area contributed by atoms with Crippen LogP contribution < -0.4 is 15.0 Å². The van der Waals surface area contributed by atoms with Gasteiger partial charge in [0.15, 0.2) is 0 Å². The summed E-state index contributed by atoms with van der Waals surface area (Å²) < 4.78 is 7.39. The van der Waals surface area contributed by atoms with E-state index in [1.54, 1.807) is 4.68 Å². The molecule has 27 heavy (non-hydrogen) atoms. The van der Waals surface area contributed by atoms with Gasteiger partial charge in [0.2, 0.25) is 5.95 Å². The van der Waals surface area contributed by atoms with Gasteiger partial charge in [-0.2, -0.15) is 4.68 Å². The fraction of sp³-hybridized carbons (Fsp3) is 0.222. The number of carboxylic acid groups (broad SMARTS) is 1. The Bertz CT molecular complexity index is 912. The molecular weight excluding hydrogens is 348 g/mol. The maximum Gasteiger partial charge on any atom is 0.322 e. The van der Waals surface area contributed by atoms with E-state index in [-0.39, 0.29) is 0 Å². The smallest absolute Gasteiger partial charge is 0.322 e. The van der Waals surface area contributed by atoms with Crippen molar-refractivity contribution in [3.63, 3.8) is 0 Å². The highest BCUT2D eigenvalue weighted by Gasteiger charge is 2.28. The van der Waals surface area contributed by atoms with E-state index in [0.717, 1.165) is 11.4 Å². The van der Waals surface area contributed by atoms with Crippen molar-refractivity contribution in [2.75, 3.05) is 24.5 Å². The summed E-state index contributed by atoms with van der Waals surface area (Å²) >= 11 is 0. The van der Waals surface area contributed by atoms with Crippen LogP contribution in [0.15, 0.2) is 54.6 Å². The summed E-state index contributed by atoms with van der Waals surface area (Å²) in [7, 11) is 0. The number of rotatable bonds is 5. The number of aliphatic carboxylic acids is 1. The average molecular weight is 366 g/mol.